The highest BCUT2D eigenvalue weighted by Crippen LogP contribution is 2.27. The summed E-state index contributed by atoms with van der Waals surface area (Å²) in [5.41, 5.74) is 1.80. The van der Waals surface area contributed by atoms with Gasteiger partial charge in [-0.25, -0.2) is 0 Å². The van der Waals surface area contributed by atoms with Crippen molar-refractivity contribution in [1.29, 1.82) is 0 Å². The van der Waals surface area contributed by atoms with Crippen LogP contribution in [0, 0.1) is 6.92 Å². The molecule has 25 heavy (non-hydrogen) atoms. The minimum Gasteiger partial charge on any atom is -0.485 e. The van der Waals surface area contributed by atoms with Gasteiger partial charge in [0.1, 0.15) is 5.75 Å². The number of ether oxygens (including phenoxy) is 1. The van der Waals surface area contributed by atoms with Crippen LogP contribution >= 0.6 is 11.3 Å². The topological polar surface area (TPSA) is 68.5 Å². The van der Waals surface area contributed by atoms with Crippen molar-refractivity contribution in [3.05, 3.63) is 63.4 Å². The minimum absolute atomic E-state index is 0.0169. The maximum absolute atomic E-state index is 13.0. The Morgan fingerprint density at radius 2 is 2.24 bits per heavy atom. The van der Waals surface area contributed by atoms with Gasteiger partial charge in [0.15, 0.2) is 6.61 Å². The number of hydrogen-bond donors (Lipinski definition) is 0. The van der Waals surface area contributed by atoms with Crippen molar-refractivity contribution in [2.45, 2.75) is 26.5 Å². The van der Waals surface area contributed by atoms with Gasteiger partial charge in [-0.3, -0.25) is 4.79 Å². The van der Waals surface area contributed by atoms with Crippen LogP contribution in [0.5, 0.6) is 5.75 Å². The maximum atomic E-state index is 13.0. The highest BCUT2D eigenvalue weighted by atomic mass is 32.1. The molecule has 1 aliphatic heterocycles. The van der Waals surface area contributed by atoms with Crippen molar-refractivity contribution < 1.29 is 14.1 Å². The van der Waals surface area contributed by atoms with E-state index >= 15 is 0 Å². The Bertz CT molecular complexity index is 902. The summed E-state index contributed by atoms with van der Waals surface area (Å²) in [6, 6.07) is 9.38. The average Bonchev–Trinajstić information content (AvgIpc) is 3.27. The number of rotatable bonds is 4. The summed E-state index contributed by atoms with van der Waals surface area (Å²) < 4.78 is 10.7. The summed E-state index contributed by atoms with van der Waals surface area (Å²) >= 11 is 1.76. The van der Waals surface area contributed by atoms with E-state index in [-0.39, 0.29) is 12.5 Å². The van der Waals surface area contributed by atoms with Crippen LogP contribution in [0.1, 0.15) is 32.5 Å². The van der Waals surface area contributed by atoms with Crippen LogP contribution in [0.15, 0.2) is 40.2 Å². The van der Waals surface area contributed by atoms with Gasteiger partial charge >= 0.3 is 0 Å². The molecule has 0 unspecified atom stereocenters. The highest BCUT2D eigenvalue weighted by Gasteiger charge is 2.24. The summed E-state index contributed by atoms with van der Waals surface area (Å²) in [7, 11) is 0. The number of carbonyl (C=O) groups is 1. The number of aryl methyl sites for hydroxylation is 1. The SMILES string of the molecule is Cc1nc(COc2ccccc2C(=O)N2CCc3sccc3C2)no1. The summed E-state index contributed by atoms with van der Waals surface area (Å²) in [4.78, 5) is 20.3. The van der Waals surface area contributed by atoms with Gasteiger partial charge < -0.3 is 14.2 Å². The molecule has 0 fully saturated rings. The monoisotopic (exact) mass is 355 g/mol. The third kappa shape index (κ3) is 3.28. The first-order valence-electron chi connectivity index (χ1n) is 8.06. The molecular formula is C18H17N3O3S. The lowest BCUT2D eigenvalue weighted by Crippen LogP contribution is -2.35. The second kappa shape index (κ2) is 6.68. The number of para-hydroxylation sites is 1. The van der Waals surface area contributed by atoms with Crippen LogP contribution in [0.3, 0.4) is 0 Å². The third-order valence-electron chi connectivity index (χ3n) is 4.14. The molecule has 4 rings (SSSR count). The molecule has 3 heterocycles. The van der Waals surface area contributed by atoms with Crippen molar-refractivity contribution in [2.24, 2.45) is 0 Å². The van der Waals surface area contributed by atoms with Crippen molar-refractivity contribution in [1.82, 2.24) is 15.0 Å². The number of hydrogen-bond acceptors (Lipinski definition) is 6. The zero-order valence-electron chi connectivity index (χ0n) is 13.8. The largest absolute Gasteiger partial charge is 0.485 e. The lowest BCUT2D eigenvalue weighted by atomic mass is 10.1. The van der Waals surface area contributed by atoms with Crippen molar-refractivity contribution in [3.8, 4) is 5.75 Å². The molecule has 1 aromatic carbocycles. The zero-order chi connectivity index (χ0) is 17.2. The van der Waals surface area contributed by atoms with Gasteiger partial charge in [0, 0.05) is 24.9 Å². The number of aromatic nitrogens is 2. The summed E-state index contributed by atoms with van der Waals surface area (Å²) in [5.74, 6) is 1.46. The molecule has 128 valence electrons. The van der Waals surface area contributed by atoms with E-state index in [2.05, 4.69) is 21.6 Å². The molecule has 3 aromatic rings. The molecule has 0 spiro atoms. The second-order valence-corrected chi connectivity index (χ2v) is 6.86. The van der Waals surface area contributed by atoms with Gasteiger partial charge in [0.2, 0.25) is 11.7 Å². The van der Waals surface area contributed by atoms with Crippen LogP contribution in [0.25, 0.3) is 0 Å². The van der Waals surface area contributed by atoms with E-state index < -0.39 is 0 Å². The summed E-state index contributed by atoms with van der Waals surface area (Å²) in [6.07, 6.45) is 0.907. The molecule has 0 N–H and O–H groups in total. The normalized spacial score (nSPS) is 13.6. The molecule has 0 atom stereocenters. The molecule has 1 aliphatic rings. The van der Waals surface area contributed by atoms with Gasteiger partial charge in [0.05, 0.1) is 5.56 Å². The Morgan fingerprint density at radius 1 is 1.36 bits per heavy atom. The van der Waals surface area contributed by atoms with Crippen LogP contribution < -0.4 is 4.74 Å². The molecule has 1 amide bonds. The summed E-state index contributed by atoms with van der Waals surface area (Å²) in [6.45, 7) is 3.26. The van der Waals surface area contributed by atoms with Crippen LogP contribution in [-0.2, 0) is 19.6 Å². The molecule has 0 saturated carbocycles. The molecule has 0 bridgehead atoms. The van der Waals surface area contributed by atoms with Crippen LogP contribution in [0.2, 0.25) is 0 Å². The molecule has 0 saturated heterocycles. The van der Waals surface area contributed by atoms with E-state index in [1.165, 1.54) is 10.4 Å². The fourth-order valence-corrected chi connectivity index (χ4v) is 3.79. The molecule has 0 radical (unpaired) electrons. The number of carbonyl (C=O) groups excluding carboxylic acids is 1. The first kappa shape index (κ1) is 15.8. The Hall–Kier alpha value is -2.67. The van der Waals surface area contributed by atoms with E-state index in [0.717, 1.165) is 13.0 Å². The average molecular weight is 355 g/mol. The quantitative estimate of drug-likeness (QED) is 0.719. The number of amides is 1. The minimum atomic E-state index is -0.0169. The first-order chi connectivity index (χ1) is 12.2. The van der Waals surface area contributed by atoms with E-state index in [1.54, 1.807) is 30.4 Å². The number of nitrogens with zero attached hydrogens (tertiary/aromatic N) is 3. The number of thiophene rings is 1. The Kier molecular flexibility index (Phi) is 4.23. The Labute approximate surface area is 149 Å². The van der Waals surface area contributed by atoms with Gasteiger partial charge in [-0.05, 0) is 35.6 Å². The van der Waals surface area contributed by atoms with Gasteiger partial charge in [-0.2, -0.15) is 4.98 Å². The molecule has 0 aliphatic carbocycles. The lowest BCUT2D eigenvalue weighted by molar-refractivity contribution is 0.0730. The molecular weight excluding hydrogens is 338 g/mol. The first-order valence-corrected chi connectivity index (χ1v) is 8.94. The Morgan fingerprint density at radius 3 is 3.08 bits per heavy atom. The predicted octanol–water partition coefficient (Wildman–Crippen LogP) is 3.22. The van der Waals surface area contributed by atoms with Crippen molar-refractivity contribution in [2.75, 3.05) is 6.54 Å². The van der Waals surface area contributed by atoms with E-state index in [0.29, 0.717) is 29.6 Å². The Balaban J connectivity index is 1.51. The third-order valence-corrected chi connectivity index (χ3v) is 5.16. The molecule has 6 nitrogen and oxygen atoms in total. The number of benzene rings is 1. The van der Waals surface area contributed by atoms with Crippen LogP contribution in [0.4, 0.5) is 0 Å². The van der Waals surface area contributed by atoms with Crippen LogP contribution in [-0.4, -0.2) is 27.5 Å². The predicted molar refractivity (Wildman–Crippen MR) is 92.6 cm³/mol. The smallest absolute Gasteiger partial charge is 0.257 e. The molecule has 7 heteroatoms. The van der Waals surface area contributed by atoms with E-state index in [9.17, 15) is 4.79 Å². The van der Waals surface area contributed by atoms with E-state index in [4.69, 9.17) is 9.26 Å². The highest BCUT2D eigenvalue weighted by molar-refractivity contribution is 7.10. The van der Waals surface area contributed by atoms with Gasteiger partial charge in [-0.1, -0.05) is 17.3 Å². The second-order valence-electron chi connectivity index (χ2n) is 5.86. The fourth-order valence-electron chi connectivity index (χ4n) is 2.90. The zero-order valence-corrected chi connectivity index (χ0v) is 14.6. The fraction of sp³-hybridized carbons (Fsp3) is 0.278. The van der Waals surface area contributed by atoms with E-state index in [1.807, 2.05) is 17.0 Å². The lowest BCUT2D eigenvalue weighted by Gasteiger charge is -2.27. The maximum Gasteiger partial charge on any atom is 0.257 e. The standard InChI is InChI=1S/C18H17N3O3S/c1-12-19-17(20-24-12)11-23-15-5-3-2-4-14(15)18(22)21-8-6-16-13(10-21)7-9-25-16/h2-5,7,9H,6,8,10-11H2,1H3. The number of fused-ring (bicyclic) bond motifs is 1. The molecule has 2 aromatic heterocycles. The van der Waals surface area contributed by atoms with Crippen molar-refractivity contribution >= 4 is 17.2 Å². The van der Waals surface area contributed by atoms with Gasteiger partial charge in [-0.15, -0.1) is 11.3 Å². The van der Waals surface area contributed by atoms with Crippen molar-refractivity contribution in [3.63, 3.8) is 0 Å². The summed E-state index contributed by atoms with van der Waals surface area (Å²) in [5, 5.41) is 5.89. The van der Waals surface area contributed by atoms with Gasteiger partial charge in [0.25, 0.3) is 5.91 Å².